The third kappa shape index (κ3) is 4.17. The molecule has 2 fully saturated rings. The van der Waals surface area contributed by atoms with Crippen molar-refractivity contribution in [3.8, 4) is 0 Å². The van der Waals surface area contributed by atoms with Gasteiger partial charge in [0, 0.05) is 46.4 Å². The molecule has 2 rings (SSSR count). The Morgan fingerprint density at radius 3 is 2.70 bits per heavy atom. The first-order valence-corrected chi connectivity index (χ1v) is 7.97. The molecule has 1 amide bonds. The average Bonchev–Trinajstić information content (AvgIpc) is 2.44. The van der Waals surface area contributed by atoms with E-state index in [1.165, 1.54) is 6.42 Å². The third-order valence-corrected chi connectivity index (χ3v) is 4.72. The molecule has 1 aliphatic heterocycles. The van der Waals surface area contributed by atoms with Gasteiger partial charge in [0.05, 0.1) is 5.41 Å². The number of carbonyl (C=O) groups excluding carboxylic acids is 1. The van der Waals surface area contributed by atoms with Crippen LogP contribution in [0.1, 0.15) is 32.1 Å². The van der Waals surface area contributed by atoms with E-state index in [1.807, 2.05) is 0 Å². The minimum atomic E-state index is -0.120. The van der Waals surface area contributed by atoms with Gasteiger partial charge in [-0.2, -0.15) is 0 Å². The van der Waals surface area contributed by atoms with Crippen LogP contribution in [0.3, 0.4) is 0 Å². The lowest BCUT2D eigenvalue weighted by molar-refractivity contribution is -0.137. The number of carbonyl (C=O) groups is 1. The highest BCUT2D eigenvalue weighted by molar-refractivity contribution is 5.83. The van der Waals surface area contributed by atoms with Crippen LogP contribution in [0.4, 0.5) is 0 Å². The van der Waals surface area contributed by atoms with Crippen molar-refractivity contribution in [2.75, 3.05) is 53.0 Å². The predicted molar refractivity (Wildman–Crippen MR) is 79.7 cm³/mol. The topological polar surface area (TPSA) is 53.6 Å². The lowest BCUT2D eigenvalue weighted by atomic mass is 9.66. The van der Waals surface area contributed by atoms with E-state index in [4.69, 9.17) is 4.74 Å². The van der Waals surface area contributed by atoms with Gasteiger partial charge >= 0.3 is 0 Å². The molecule has 0 aromatic heterocycles. The molecule has 5 heteroatoms. The van der Waals surface area contributed by atoms with Crippen LogP contribution in [0.2, 0.25) is 0 Å². The molecule has 0 aromatic rings. The van der Waals surface area contributed by atoms with Crippen LogP contribution in [0.25, 0.3) is 0 Å². The summed E-state index contributed by atoms with van der Waals surface area (Å²) < 4.78 is 5.14. The zero-order chi connectivity index (χ0) is 14.3. The van der Waals surface area contributed by atoms with E-state index >= 15 is 0 Å². The van der Waals surface area contributed by atoms with Crippen LogP contribution in [-0.2, 0) is 9.53 Å². The number of ether oxygens (including phenoxy) is 1. The summed E-state index contributed by atoms with van der Waals surface area (Å²) in [6, 6.07) is 0. The standard InChI is InChI=1S/C15H29N3O2/c1-20-13-6-15(4-2-5-15)14(19)17-7-3-10-18-11-8-16-9-12-18/h16H,2-13H2,1H3,(H,17,19). The fourth-order valence-electron chi connectivity index (χ4n) is 3.12. The molecule has 1 heterocycles. The van der Waals surface area contributed by atoms with Gasteiger partial charge in [0.2, 0.25) is 5.91 Å². The fraction of sp³-hybridized carbons (Fsp3) is 0.933. The molecule has 1 aliphatic carbocycles. The van der Waals surface area contributed by atoms with Gasteiger partial charge in [-0.3, -0.25) is 4.79 Å². The van der Waals surface area contributed by atoms with Crippen LogP contribution in [0, 0.1) is 5.41 Å². The van der Waals surface area contributed by atoms with Crippen molar-refractivity contribution in [3.05, 3.63) is 0 Å². The molecule has 0 spiro atoms. The van der Waals surface area contributed by atoms with Crippen molar-refractivity contribution in [2.24, 2.45) is 5.41 Å². The Kier molecular flexibility index (Phi) is 6.26. The van der Waals surface area contributed by atoms with Crippen molar-refractivity contribution in [1.29, 1.82) is 0 Å². The van der Waals surface area contributed by atoms with Crippen molar-refractivity contribution in [2.45, 2.75) is 32.1 Å². The first kappa shape index (κ1) is 15.7. The Morgan fingerprint density at radius 1 is 1.35 bits per heavy atom. The van der Waals surface area contributed by atoms with E-state index in [2.05, 4.69) is 15.5 Å². The minimum Gasteiger partial charge on any atom is -0.385 e. The maximum absolute atomic E-state index is 12.3. The Labute approximate surface area is 122 Å². The number of rotatable bonds is 8. The number of nitrogens with zero attached hydrogens (tertiary/aromatic N) is 1. The van der Waals surface area contributed by atoms with Crippen LogP contribution >= 0.6 is 0 Å². The molecule has 0 aromatic carbocycles. The van der Waals surface area contributed by atoms with E-state index in [0.717, 1.165) is 65.0 Å². The molecule has 116 valence electrons. The second-order valence-corrected chi connectivity index (χ2v) is 6.08. The summed E-state index contributed by atoms with van der Waals surface area (Å²) in [4.78, 5) is 14.8. The molecular formula is C15H29N3O2. The zero-order valence-electron chi connectivity index (χ0n) is 12.7. The summed E-state index contributed by atoms with van der Waals surface area (Å²) in [6.07, 6.45) is 5.15. The molecule has 0 unspecified atom stereocenters. The maximum atomic E-state index is 12.3. The van der Waals surface area contributed by atoms with Crippen LogP contribution in [0.5, 0.6) is 0 Å². The van der Waals surface area contributed by atoms with E-state index in [9.17, 15) is 4.79 Å². The van der Waals surface area contributed by atoms with Crippen LogP contribution < -0.4 is 10.6 Å². The van der Waals surface area contributed by atoms with Crippen molar-refractivity contribution in [1.82, 2.24) is 15.5 Å². The highest BCUT2D eigenvalue weighted by Gasteiger charge is 2.43. The minimum absolute atomic E-state index is 0.120. The Hall–Kier alpha value is -0.650. The molecule has 2 aliphatic rings. The van der Waals surface area contributed by atoms with Crippen molar-refractivity contribution < 1.29 is 9.53 Å². The highest BCUT2D eigenvalue weighted by atomic mass is 16.5. The van der Waals surface area contributed by atoms with Crippen molar-refractivity contribution in [3.63, 3.8) is 0 Å². The molecule has 0 atom stereocenters. The predicted octanol–water partition coefficient (Wildman–Crippen LogP) is 0.605. The van der Waals surface area contributed by atoms with E-state index in [-0.39, 0.29) is 11.3 Å². The molecule has 2 N–H and O–H groups in total. The lowest BCUT2D eigenvalue weighted by Gasteiger charge is -2.40. The molecular weight excluding hydrogens is 254 g/mol. The highest BCUT2D eigenvalue weighted by Crippen LogP contribution is 2.44. The molecule has 1 saturated heterocycles. The van der Waals surface area contributed by atoms with Gasteiger partial charge in [-0.25, -0.2) is 0 Å². The van der Waals surface area contributed by atoms with E-state index < -0.39 is 0 Å². The second kappa shape index (κ2) is 7.96. The summed E-state index contributed by atoms with van der Waals surface area (Å²) >= 11 is 0. The van der Waals surface area contributed by atoms with Gasteiger partial charge in [-0.1, -0.05) is 6.42 Å². The van der Waals surface area contributed by atoms with Gasteiger partial charge in [0.1, 0.15) is 0 Å². The molecule has 0 radical (unpaired) electrons. The monoisotopic (exact) mass is 283 g/mol. The summed E-state index contributed by atoms with van der Waals surface area (Å²) in [5.74, 6) is 0.251. The Morgan fingerprint density at radius 2 is 2.10 bits per heavy atom. The summed E-state index contributed by atoms with van der Waals surface area (Å²) in [5, 5.41) is 6.49. The smallest absolute Gasteiger partial charge is 0.226 e. The molecule has 5 nitrogen and oxygen atoms in total. The molecule has 20 heavy (non-hydrogen) atoms. The number of piperazine rings is 1. The Bertz CT molecular complexity index is 299. The van der Waals surface area contributed by atoms with Crippen molar-refractivity contribution >= 4 is 5.91 Å². The largest absolute Gasteiger partial charge is 0.385 e. The van der Waals surface area contributed by atoms with Crippen LogP contribution in [-0.4, -0.2) is 63.8 Å². The molecule has 1 saturated carbocycles. The van der Waals surface area contributed by atoms with Gasteiger partial charge in [0.15, 0.2) is 0 Å². The molecule has 0 bridgehead atoms. The Balaban J connectivity index is 1.61. The normalized spacial score (nSPS) is 22.2. The second-order valence-electron chi connectivity index (χ2n) is 6.08. The summed E-state index contributed by atoms with van der Waals surface area (Å²) in [5.41, 5.74) is -0.120. The summed E-state index contributed by atoms with van der Waals surface area (Å²) in [6.45, 7) is 7.02. The van der Waals surface area contributed by atoms with Gasteiger partial charge in [-0.15, -0.1) is 0 Å². The number of hydrogen-bond acceptors (Lipinski definition) is 4. The number of methoxy groups -OCH3 is 1. The summed E-state index contributed by atoms with van der Waals surface area (Å²) in [7, 11) is 1.71. The number of nitrogens with one attached hydrogen (secondary N) is 2. The SMILES string of the molecule is COCCC1(C(=O)NCCCN2CCNCC2)CCC1. The van der Waals surface area contributed by atoms with Gasteiger partial charge in [0.25, 0.3) is 0 Å². The maximum Gasteiger partial charge on any atom is 0.226 e. The average molecular weight is 283 g/mol. The third-order valence-electron chi connectivity index (χ3n) is 4.72. The lowest BCUT2D eigenvalue weighted by Crippen LogP contribution is -2.47. The van der Waals surface area contributed by atoms with Gasteiger partial charge in [-0.05, 0) is 32.2 Å². The first-order chi connectivity index (χ1) is 9.77. The van der Waals surface area contributed by atoms with Crippen LogP contribution in [0.15, 0.2) is 0 Å². The zero-order valence-corrected chi connectivity index (χ0v) is 12.7. The fourth-order valence-corrected chi connectivity index (χ4v) is 3.12. The number of hydrogen-bond donors (Lipinski definition) is 2. The first-order valence-electron chi connectivity index (χ1n) is 7.97. The number of amides is 1. The van der Waals surface area contributed by atoms with E-state index in [1.54, 1.807) is 7.11 Å². The van der Waals surface area contributed by atoms with Gasteiger partial charge < -0.3 is 20.3 Å². The van der Waals surface area contributed by atoms with E-state index in [0.29, 0.717) is 6.61 Å². The quantitative estimate of drug-likeness (QED) is 0.641.